The second-order valence-corrected chi connectivity index (χ2v) is 7.05. The molecule has 1 saturated carbocycles. The van der Waals surface area contributed by atoms with Gasteiger partial charge >= 0.3 is 6.03 Å². The van der Waals surface area contributed by atoms with Gasteiger partial charge in [0.25, 0.3) is 0 Å². The Morgan fingerprint density at radius 2 is 2.25 bits per heavy atom. The topological polar surface area (TPSA) is 54.5 Å². The largest absolute Gasteiger partial charge is 0.384 e. The minimum atomic E-state index is -0.350. The number of amides is 2. The van der Waals surface area contributed by atoms with E-state index in [1.165, 1.54) is 18.7 Å². The number of rotatable bonds is 5. The number of halogens is 1. The third kappa shape index (κ3) is 3.69. The summed E-state index contributed by atoms with van der Waals surface area (Å²) in [5.74, 6) is -0.350. The fourth-order valence-electron chi connectivity index (χ4n) is 3.79. The molecule has 1 saturated heterocycles. The summed E-state index contributed by atoms with van der Waals surface area (Å²) in [4.78, 5) is 18.7. The zero-order chi connectivity index (χ0) is 17.0. The summed E-state index contributed by atoms with van der Waals surface area (Å²) in [7, 11) is 1.71. The third-order valence-electron chi connectivity index (χ3n) is 5.33. The summed E-state index contributed by atoms with van der Waals surface area (Å²) in [6, 6.07) is 2.98. The molecule has 2 aliphatic rings. The van der Waals surface area contributed by atoms with Gasteiger partial charge in [-0.25, -0.2) is 9.18 Å². The maximum atomic E-state index is 13.1. The lowest BCUT2D eigenvalue weighted by Crippen LogP contribution is -2.50. The van der Waals surface area contributed by atoms with Crippen LogP contribution in [0.2, 0.25) is 0 Å². The highest BCUT2D eigenvalue weighted by molar-refractivity contribution is 5.74. The van der Waals surface area contributed by atoms with Crippen LogP contribution in [0.15, 0.2) is 18.3 Å². The molecule has 1 aliphatic carbocycles. The number of ether oxygens (including phenoxy) is 1. The van der Waals surface area contributed by atoms with E-state index in [0.717, 1.165) is 37.8 Å². The van der Waals surface area contributed by atoms with Gasteiger partial charge in [-0.2, -0.15) is 0 Å². The van der Waals surface area contributed by atoms with E-state index in [1.54, 1.807) is 13.2 Å². The van der Waals surface area contributed by atoms with Crippen LogP contribution in [0.4, 0.5) is 9.18 Å². The van der Waals surface area contributed by atoms with Gasteiger partial charge in [0.15, 0.2) is 0 Å². The second-order valence-electron chi connectivity index (χ2n) is 7.05. The molecule has 5 nitrogen and oxygen atoms in total. The summed E-state index contributed by atoms with van der Waals surface area (Å²) in [6.45, 7) is 2.06. The van der Waals surface area contributed by atoms with E-state index in [4.69, 9.17) is 4.74 Å². The first-order valence-electron chi connectivity index (χ1n) is 8.78. The van der Waals surface area contributed by atoms with Gasteiger partial charge in [-0.15, -0.1) is 0 Å². The molecule has 1 aromatic rings. The lowest BCUT2D eigenvalue weighted by Gasteiger charge is -2.42. The van der Waals surface area contributed by atoms with Gasteiger partial charge in [0.1, 0.15) is 5.82 Å². The van der Waals surface area contributed by atoms with Crippen LogP contribution in [-0.2, 0) is 4.74 Å². The van der Waals surface area contributed by atoms with Crippen molar-refractivity contribution >= 4 is 6.03 Å². The molecule has 6 heteroatoms. The Bertz CT molecular complexity index is 560. The number of urea groups is 1. The first kappa shape index (κ1) is 17.1. The first-order chi connectivity index (χ1) is 11.6. The second kappa shape index (κ2) is 7.47. The molecular formula is C18H26FN3O2. The molecule has 2 fully saturated rings. The molecule has 1 aromatic heterocycles. The maximum absolute atomic E-state index is 13.1. The fourth-order valence-corrected chi connectivity index (χ4v) is 3.79. The van der Waals surface area contributed by atoms with Crippen molar-refractivity contribution in [2.75, 3.05) is 26.8 Å². The summed E-state index contributed by atoms with van der Waals surface area (Å²) < 4.78 is 18.4. The summed E-state index contributed by atoms with van der Waals surface area (Å²) in [5, 5.41) is 3.10. The van der Waals surface area contributed by atoms with E-state index in [9.17, 15) is 9.18 Å². The highest BCUT2D eigenvalue weighted by Gasteiger charge is 2.38. The molecule has 0 bridgehead atoms. The number of hydrogen-bond donors (Lipinski definition) is 1. The number of piperidine rings is 1. The molecule has 3 rings (SSSR count). The van der Waals surface area contributed by atoms with Crippen molar-refractivity contribution in [1.29, 1.82) is 0 Å². The predicted molar refractivity (Wildman–Crippen MR) is 89.1 cm³/mol. The monoisotopic (exact) mass is 335 g/mol. The minimum absolute atomic E-state index is 0.0480. The number of pyridine rings is 1. The molecular weight excluding hydrogens is 309 g/mol. The zero-order valence-electron chi connectivity index (χ0n) is 14.3. The van der Waals surface area contributed by atoms with Crippen molar-refractivity contribution in [3.63, 3.8) is 0 Å². The van der Waals surface area contributed by atoms with E-state index >= 15 is 0 Å². The van der Waals surface area contributed by atoms with Gasteiger partial charge in [-0.1, -0.05) is 6.42 Å². The highest BCUT2D eigenvalue weighted by atomic mass is 19.1. The summed E-state index contributed by atoms with van der Waals surface area (Å²) in [6.07, 6.45) is 7.55. The van der Waals surface area contributed by atoms with E-state index in [-0.39, 0.29) is 23.3 Å². The van der Waals surface area contributed by atoms with Gasteiger partial charge in [0, 0.05) is 25.6 Å². The zero-order valence-corrected chi connectivity index (χ0v) is 14.3. The average Bonchev–Trinajstić information content (AvgIpc) is 2.57. The standard InChI is InChI=1S/C18H26FN3O2/c1-24-13-18(8-4-9-18)12-21-17(23)22-10-3-2-5-16(22)15-7-6-14(19)11-20-15/h6-7,11,16H,2-5,8-10,12-13H2,1H3,(H,21,23). The Morgan fingerprint density at radius 3 is 2.88 bits per heavy atom. The smallest absolute Gasteiger partial charge is 0.317 e. The van der Waals surface area contributed by atoms with Crippen molar-refractivity contribution in [1.82, 2.24) is 15.2 Å². The van der Waals surface area contributed by atoms with Crippen molar-refractivity contribution in [3.8, 4) is 0 Å². The van der Waals surface area contributed by atoms with Crippen LogP contribution in [0.3, 0.4) is 0 Å². The van der Waals surface area contributed by atoms with Crippen LogP contribution in [0.5, 0.6) is 0 Å². The highest BCUT2D eigenvalue weighted by Crippen LogP contribution is 2.40. The van der Waals surface area contributed by atoms with Crippen LogP contribution in [0.25, 0.3) is 0 Å². The molecule has 132 valence electrons. The fraction of sp³-hybridized carbons (Fsp3) is 0.667. The number of carbonyl (C=O) groups excluding carboxylic acids is 1. The molecule has 1 atom stereocenters. The Balaban J connectivity index is 1.64. The molecule has 0 aromatic carbocycles. The van der Waals surface area contributed by atoms with Crippen LogP contribution < -0.4 is 5.32 Å². The van der Waals surface area contributed by atoms with Gasteiger partial charge in [0.05, 0.1) is 24.5 Å². The average molecular weight is 335 g/mol. The summed E-state index contributed by atoms with van der Waals surface area (Å²) >= 11 is 0. The molecule has 1 unspecified atom stereocenters. The van der Waals surface area contributed by atoms with Crippen LogP contribution in [0, 0.1) is 11.2 Å². The van der Waals surface area contributed by atoms with Crippen molar-refractivity contribution in [2.24, 2.45) is 5.41 Å². The van der Waals surface area contributed by atoms with Gasteiger partial charge in [-0.05, 0) is 44.2 Å². The van der Waals surface area contributed by atoms with Gasteiger partial charge < -0.3 is 15.0 Å². The number of hydrogen-bond acceptors (Lipinski definition) is 3. The molecule has 1 aliphatic heterocycles. The van der Waals surface area contributed by atoms with Gasteiger partial charge in [-0.3, -0.25) is 4.98 Å². The molecule has 24 heavy (non-hydrogen) atoms. The van der Waals surface area contributed by atoms with Gasteiger partial charge in [0.2, 0.25) is 0 Å². The third-order valence-corrected chi connectivity index (χ3v) is 5.33. The van der Waals surface area contributed by atoms with Crippen molar-refractivity contribution < 1.29 is 13.9 Å². The SMILES string of the molecule is COCC1(CNC(=O)N2CCCCC2c2ccc(F)cn2)CCC1. The van der Waals surface area contributed by atoms with Crippen LogP contribution in [-0.4, -0.2) is 42.7 Å². The molecule has 0 radical (unpaired) electrons. The Hall–Kier alpha value is -1.69. The molecule has 0 spiro atoms. The number of nitrogens with zero attached hydrogens (tertiary/aromatic N) is 2. The number of methoxy groups -OCH3 is 1. The van der Waals surface area contributed by atoms with Crippen LogP contribution >= 0.6 is 0 Å². The number of nitrogens with one attached hydrogen (secondary N) is 1. The molecule has 2 heterocycles. The van der Waals surface area contributed by atoms with E-state index in [2.05, 4.69) is 10.3 Å². The number of aromatic nitrogens is 1. The normalized spacial score (nSPS) is 22.8. The van der Waals surface area contributed by atoms with Crippen LogP contribution in [0.1, 0.15) is 50.3 Å². The molecule has 2 amide bonds. The van der Waals surface area contributed by atoms with Crippen molar-refractivity contribution in [3.05, 3.63) is 29.8 Å². The Labute approximate surface area is 142 Å². The lowest BCUT2D eigenvalue weighted by molar-refractivity contribution is 0.0183. The van der Waals surface area contributed by atoms with E-state index in [0.29, 0.717) is 19.7 Å². The van der Waals surface area contributed by atoms with E-state index in [1.807, 2.05) is 4.90 Å². The maximum Gasteiger partial charge on any atom is 0.317 e. The van der Waals surface area contributed by atoms with Crippen molar-refractivity contribution in [2.45, 2.75) is 44.6 Å². The first-order valence-corrected chi connectivity index (χ1v) is 8.78. The lowest BCUT2D eigenvalue weighted by atomic mass is 9.69. The predicted octanol–water partition coefficient (Wildman–Crippen LogP) is 3.27. The van der Waals surface area contributed by atoms with E-state index < -0.39 is 0 Å². The molecule has 1 N–H and O–H groups in total. The number of likely N-dealkylation sites (tertiary alicyclic amines) is 1. The minimum Gasteiger partial charge on any atom is -0.384 e. The summed E-state index contributed by atoms with van der Waals surface area (Å²) in [5.41, 5.74) is 0.866. The Morgan fingerprint density at radius 1 is 1.42 bits per heavy atom. The Kier molecular flexibility index (Phi) is 5.33. The number of carbonyl (C=O) groups is 1. The quantitative estimate of drug-likeness (QED) is 0.898.